The lowest BCUT2D eigenvalue weighted by molar-refractivity contribution is 0.204. The monoisotopic (exact) mass is 270 g/mol. The van der Waals surface area contributed by atoms with Gasteiger partial charge in [-0.1, -0.05) is 24.6 Å². The van der Waals surface area contributed by atoms with E-state index in [9.17, 15) is 4.79 Å². The van der Waals surface area contributed by atoms with Gasteiger partial charge >= 0.3 is 6.03 Å². The number of hydrogen-bond donors (Lipinski definition) is 3. The molecule has 0 saturated carbocycles. The minimum atomic E-state index is -0.303. The number of hydrogen-bond acceptors (Lipinski definition) is 2. The van der Waals surface area contributed by atoms with E-state index in [2.05, 4.69) is 10.6 Å². The summed E-state index contributed by atoms with van der Waals surface area (Å²) in [7, 11) is 0. The molecule has 1 rings (SSSR count). The molecule has 2 amide bonds. The van der Waals surface area contributed by atoms with Crippen molar-refractivity contribution in [3.8, 4) is 0 Å². The van der Waals surface area contributed by atoms with Gasteiger partial charge in [0.1, 0.15) is 0 Å². The molecule has 0 heterocycles. The molecule has 0 bridgehead atoms. The summed E-state index contributed by atoms with van der Waals surface area (Å²) in [4.78, 5) is 11.7. The lowest BCUT2D eigenvalue weighted by Gasteiger charge is -2.19. The van der Waals surface area contributed by atoms with Crippen LogP contribution in [0.15, 0.2) is 18.2 Å². The van der Waals surface area contributed by atoms with Crippen LogP contribution < -0.4 is 10.6 Å². The van der Waals surface area contributed by atoms with Crippen molar-refractivity contribution in [3.05, 3.63) is 28.8 Å². The molecule has 0 spiro atoms. The predicted octanol–water partition coefficient (Wildman–Crippen LogP) is 2.79. The molecule has 0 aliphatic rings. The number of urea groups is 1. The van der Waals surface area contributed by atoms with Gasteiger partial charge < -0.3 is 15.7 Å². The topological polar surface area (TPSA) is 61.4 Å². The molecule has 0 aromatic heterocycles. The van der Waals surface area contributed by atoms with Gasteiger partial charge in [0.2, 0.25) is 0 Å². The van der Waals surface area contributed by atoms with E-state index in [1.54, 1.807) is 12.1 Å². The Morgan fingerprint density at radius 2 is 2.11 bits per heavy atom. The number of aliphatic hydroxyl groups is 1. The normalized spacial score (nSPS) is 13.8. The second-order valence-corrected chi connectivity index (χ2v) is 4.92. The Labute approximate surface area is 112 Å². The van der Waals surface area contributed by atoms with Gasteiger partial charge in [-0.15, -0.1) is 0 Å². The molecule has 5 heteroatoms. The van der Waals surface area contributed by atoms with Crippen LogP contribution in [-0.4, -0.2) is 23.8 Å². The van der Waals surface area contributed by atoms with Gasteiger partial charge in [0.15, 0.2) is 0 Å². The van der Waals surface area contributed by atoms with Crippen LogP contribution in [0.5, 0.6) is 0 Å². The van der Waals surface area contributed by atoms with E-state index in [4.69, 9.17) is 16.7 Å². The number of halogens is 1. The molecule has 0 aliphatic heterocycles. The van der Waals surface area contributed by atoms with Crippen LogP contribution in [0.25, 0.3) is 0 Å². The van der Waals surface area contributed by atoms with Crippen molar-refractivity contribution in [2.75, 3.05) is 11.9 Å². The fraction of sp³-hybridized carbons (Fsp3) is 0.462. The predicted molar refractivity (Wildman–Crippen MR) is 74.1 cm³/mol. The maximum Gasteiger partial charge on any atom is 0.319 e. The second-order valence-electron chi connectivity index (χ2n) is 4.51. The highest BCUT2D eigenvalue weighted by atomic mass is 35.5. The van der Waals surface area contributed by atoms with Crippen LogP contribution in [-0.2, 0) is 0 Å². The summed E-state index contributed by atoms with van der Waals surface area (Å²) in [5, 5.41) is 15.1. The molecule has 0 saturated heterocycles. The van der Waals surface area contributed by atoms with Crippen LogP contribution in [0.1, 0.15) is 19.4 Å². The van der Waals surface area contributed by atoms with E-state index < -0.39 is 0 Å². The lowest BCUT2D eigenvalue weighted by atomic mass is 10.1. The molecule has 0 aliphatic carbocycles. The Hall–Kier alpha value is -1.26. The highest BCUT2D eigenvalue weighted by molar-refractivity contribution is 6.31. The fourth-order valence-electron chi connectivity index (χ4n) is 1.34. The van der Waals surface area contributed by atoms with Gasteiger partial charge in [-0.2, -0.15) is 0 Å². The van der Waals surface area contributed by atoms with Crippen LogP contribution in [0.2, 0.25) is 5.02 Å². The number of aryl methyl sites for hydroxylation is 1. The zero-order chi connectivity index (χ0) is 13.7. The number of anilines is 1. The number of carbonyl (C=O) groups excluding carboxylic acids is 1. The Morgan fingerprint density at radius 1 is 1.44 bits per heavy atom. The smallest absolute Gasteiger partial charge is 0.319 e. The standard InChI is InChI=1S/C13H19ClN2O2/c1-8-4-5-11(6-12(8)14)16-13(18)15-10(3)9(2)7-17/h4-6,9-10,17H,7H2,1-3H3,(H2,15,16,18). The Morgan fingerprint density at radius 3 is 2.67 bits per heavy atom. The first-order chi connectivity index (χ1) is 8.43. The minimum absolute atomic E-state index is 0.0114. The van der Waals surface area contributed by atoms with Crippen molar-refractivity contribution in [1.29, 1.82) is 0 Å². The summed E-state index contributed by atoms with van der Waals surface area (Å²) in [6.45, 7) is 5.66. The quantitative estimate of drug-likeness (QED) is 0.788. The van der Waals surface area contributed by atoms with Gasteiger partial charge in [0, 0.05) is 23.4 Å². The molecule has 2 atom stereocenters. The highest BCUT2D eigenvalue weighted by Gasteiger charge is 2.13. The molecule has 0 radical (unpaired) electrons. The maximum absolute atomic E-state index is 11.7. The third-order valence-electron chi connectivity index (χ3n) is 2.93. The number of aliphatic hydroxyl groups excluding tert-OH is 1. The van der Waals surface area contributed by atoms with Crippen molar-refractivity contribution < 1.29 is 9.90 Å². The number of benzene rings is 1. The van der Waals surface area contributed by atoms with E-state index in [0.717, 1.165) is 5.56 Å². The Balaban J connectivity index is 2.57. The molecule has 1 aromatic rings. The maximum atomic E-state index is 11.7. The SMILES string of the molecule is Cc1ccc(NC(=O)NC(C)C(C)CO)cc1Cl. The molecular formula is C13H19ClN2O2. The first kappa shape index (κ1) is 14.8. The lowest BCUT2D eigenvalue weighted by Crippen LogP contribution is -2.40. The molecule has 3 N–H and O–H groups in total. The van der Waals surface area contributed by atoms with Crippen molar-refractivity contribution in [2.45, 2.75) is 26.8 Å². The Kier molecular flexibility index (Phi) is 5.44. The van der Waals surface area contributed by atoms with E-state index in [0.29, 0.717) is 10.7 Å². The molecule has 0 fully saturated rings. The summed E-state index contributed by atoms with van der Waals surface area (Å²) in [6, 6.07) is 4.94. The highest BCUT2D eigenvalue weighted by Crippen LogP contribution is 2.19. The van der Waals surface area contributed by atoms with Crippen molar-refractivity contribution in [1.82, 2.24) is 5.32 Å². The summed E-state index contributed by atoms with van der Waals surface area (Å²) in [5.74, 6) is 0.0114. The molecule has 2 unspecified atom stereocenters. The summed E-state index contributed by atoms with van der Waals surface area (Å²) < 4.78 is 0. The van der Waals surface area contributed by atoms with Crippen LogP contribution in [0.4, 0.5) is 10.5 Å². The average molecular weight is 271 g/mol. The number of amides is 2. The fourth-order valence-corrected chi connectivity index (χ4v) is 1.53. The number of carbonyl (C=O) groups is 1. The molecular weight excluding hydrogens is 252 g/mol. The number of rotatable bonds is 4. The third kappa shape index (κ3) is 4.20. The van der Waals surface area contributed by atoms with Gasteiger partial charge in [0.25, 0.3) is 0 Å². The summed E-state index contributed by atoms with van der Waals surface area (Å²) >= 11 is 5.97. The van der Waals surface area contributed by atoms with Gasteiger partial charge in [0.05, 0.1) is 0 Å². The van der Waals surface area contributed by atoms with Gasteiger partial charge in [-0.3, -0.25) is 0 Å². The van der Waals surface area contributed by atoms with E-state index >= 15 is 0 Å². The third-order valence-corrected chi connectivity index (χ3v) is 3.34. The van der Waals surface area contributed by atoms with E-state index in [-0.39, 0.29) is 24.6 Å². The van der Waals surface area contributed by atoms with Crippen molar-refractivity contribution in [3.63, 3.8) is 0 Å². The van der Waals surface area contributed by atoms with Crippen LogP contribution in [0.3, 0.4) is 0 Å². The van der Waals surface area contributed by atoms with Crippen LogP contribution in [0, 0.1) is 12.8 Å². The summed E-state index contributed by atoms with van der Waals surface area (Å²) in [6.07, 6.45) is 0. The second kappa shape index (κ2) is 6.61. The zero-order valence-corrected chi connectivity index (χ0v) is 11.6. The summed E-state index contributed by atoms with van der Waals surface area (Å²) in [5.41, 5.74) is 1.61. The average Bonchev–Trinajstić information content (AvgIpc) is 2.32. The van der Waals surface area contributed by atoms with E-state index in [1.807, 2.05) is 26.8 Å². The largest absolute Gasteiger partial charge is 0.396 e. The van der Waals surface area contributed by atoms with Crippen LogP contribution >= 0.6 is 11.6 Å². The minimum Gasteiger partial charge on any atom is -0.396 e. The number of nitrogens with one attached hydrogen (secondary N) is 2. The molecule has 4 nitrogen and oxygen atoms in total. The van der Waals surface area contributed by atoms with Gasteiger partial charge in [-0.05, 0) is 37.5 Å². The van der Waals surface area contributed by atoms with Crippen molar-refractivity contribution in [2.24, 2.45) is 5.92 Å². The van der Waals surface area contributed by atoms with Crippen molar-refractivity contribution >= 4 is 23.3 Å². The van der Waals surface area contributed by atoms with E-state index in [1.165, 1.54) is 0 Å². The molecule has 100 valence electrons. The Bertz CT molecular complexity index is 423. The first-order valence-corrected chi connectivity index (χ1v) is 6.26. The molecule has 18 heavy (non-hydrogen) atoms. The molecule has 1 aromatic carbocycles. The zero-order valence-electron chi connectivity index (χ0n) is 10.8. The van der Waals surface area contributed by atoms with Gasteiger partial charge in [-0.25, -0.2) is 4.79 Å². The first-order valence-electron chi connectivity index (χ1n) is 5.88.